The highest BCUT2D eigenvalue weighted by Crippen LogP contribution is 2.26. The number of fused-ring (bicyclic) bond motifs is 1. The maximum absolute atomic E-state index is 12.6. The highest BCUT2D eigenvalue weighted by Gasteiger charge is 2.33. The zero-order valence-corrected chi connectivity index (χ0v) is 14.4. The second-order valence-corrected chi connectivity index (χ2v) is 6.88. The van der Waals surface area contributed by atoms with E-state index in [1.807, 2.05) is 4.90 Å². The summed E-state index contributed by atoms with van der Waals surface area (Å²) >= 11 is 3.50. The molecule has 1 N–H and O–H groups in total. The number of hydrogen-bond acceptors (Lipinski definition) is 3. The molecule has 0 aliphatic carbocycles. The minimum atomic E-state index is -0.0754. The van der Waals surface area contributed by atoms with Crippen LogP contribution < -0.4 is 5.32 Å². The zero-order chi connectivity index (χ0) is 15.7. The second kappa shape index (κ2) is 6.56. The number of amides is 2. The first-order valence-corrected chi connectivity index (χ1v) is 8.32. The van der Waals surface area contributed by atoms with Gasteiger partial charge in [0.15, 0.2) is 0 Å². The van der Waals surface area contributed by atoms with Gasteiger partial charge in [-0.1, -0.05) is 22.0 Å². The van der Waals surface area contributed by atoms with Crippen LogP contribution in [0.3, 0.4) is 0 Å². The third kappa shape index (κ3) is 3.14. The molecule has 1 unspecified atom stereocenters. The molecule has 0 spiro atoms. The van der Waals surface area contributed by atoms with E-state index in [-0.39, 0.29) is 24.2 Å². The van der Waals surface area contributed by atoms with E-state index in [1.165, 1.54) is 11.1 Å². The quantitative estimate of drug-likeness (QED) is 0.871. The molecule has 3 atom stereocenters. The Bertz CT molecular complexity index is 566. The summed E-state index contributed by atoms with van der Waals surface area (Å²) in [4.78, 5) is 14.5. The summed E-state index contributed by atoms with van der Waals surface area (Å²) in [5.41, 5.74) is 2.52. The predicted molar refractivity (Wildman–Crippen MR) is 86.8 cm³/mol. The lowest BCUT2D eigenvalue weighted by Gasteiger charge is -2.36. The van der Waals surface area contributed by atoms with E-state index < -0.39 is 0 Å². The van der Waals surface area contributed by atoms with Gasteiger partial charge in [0.2, 0.25) is 0 Å². The third-order valence-electron chi connectivity index (χ3n) is 4.46. The molecule has 2 aliphatic rings. The topological polar surface area (TPSA) is 50.8 Å². The van der Waals surface area contributed by atoms with Crippen molar-refractivity contribution in [2.75, 3.05) is 20.3 Å². The standard InChI is InChI=1S/C16H21BrN2O3/c1-10-5-11-3-4-13(17)6-12(11)7-19(10)16(20)18-14-8-22-9-15(14)21-2/h3-4,6,10,14-15H,5,7-9H2,1-2H3,(H,18,20)/t10?,14-,15+/m0/s1. The van der Waals surface area contributed by atoms with Crippen LogP contribution in [0, 0.1) is 0 Å². The number of rotatable bonds is 2. The Morgan fingerprint density at radius 1 is 1.41 bits per heavy atom. The zero-order valence-electron chi connectivity index (χ0n) is 12.8. The van der Waals surface area contributed by atoms with E-state index in [9.17, 15) is 4.79 Å². The molecule has 0 aromatic heterocycles. The molecule has 22 heavy (non-hydrogen) atoms. The fourth-order valence-electron chi connectivity index (χ4n) is 3.12. The van der Waals surface area contributed by atoms with Crippen LogP contribution in [0.4, 0.5) is 4.79 Å². The van der Waals surface area contributed by atoms with Crippen molar-refractivity contribution in [3.8, 4) is 0 Å². The Balaban J connectivity index is 1.70. The van der Waals surface area contributed by atoms with E-state index in [1.54, 1.807) is 7.11 Å². The second-order valence-electron chi connectivity index (χ2n) is 5.96. The Labute approximate surface area is 139 Å². The molecular weight excluding hydrogens is 348 g/mol. The molecule has 1 saturated heterocycles. The van der Waals surface area contributed by atoms with Crippen LogP contribution in [0.15, 0.2) is 22.7 Å². The van der Waals surface area contributed by atoms with Crippen LogP contribution in [-0.2, 0) is 22.4 Å². The van der Waals surface area contributed by atoms with Crippen LogP contribution in [0.25, 0.3) is 0 Å². The Morgan fingerprint density at radius 2 is 2.23 bits per heavy atom. The number of methoxy groups -OCH3 is 1. The first-order chi connectivity index (χ1) is 10.6. The van der Waals surface area contributed by atoms with E-state index in [0.29, 0.717) is 19.8 Å². The summed E-state index contributed by atoms with van der Waals surface area (Å²) in [5.74, 6) is 0. The first-order valence-electron chi connectivity index (χ1n) is 7.53. The van der Waals surface area contributed by atoms with Gasteiger partial charge in [-0.15, -0.1) is 0 Å². The Morgan fingerprint density at radius 3 is 3.00 bits per heavy atom. The van der Waals surface area contributed by atoms with E-state index in [4.69, 9.17) is 9.47 Å². The lowest BCUT2D eigenvalue weighted by atomic mass is 9.95. The van der Waals surface area contributed by atoms with Crippen molar-refractivity contribution in [2.24, 2.45) is 0 Å². The summed E-state index contributed by atoms with van der Waals surface area (Å²) < 4.78 is 11.8. The molecular formula is C16H21BrN2O3. The monoisotopic (exact) mass is 368 g/mol. The molecule has 6 heteroatoms. The number of nitrogens with zero attached hydrogens (tertiary/aromatic N) is 1. The molecule has 5 nitrogen and oxygen atoms in total. The van der Waals surface area contributed by atoms with Gasteiger partial charge in [0.05, 0.1) is 19.3 Å². The minimum Gasteiger partial charge on any atom is -0.377 e. The maximum atomic E-state index is 12.6. The highest BCUT2D eigenvalue weighted by atomic mass is 79.9. The molecule has 1 fully saturated rings. The van der Waals surface area contributed by atoms with Gasteiger partial charge in [-0.3, -0.25) is 0 Å². The predicted octanol–water partition coefficient (Wildman–Crippen LogP) is 2.32. The van der Waals surface area contributed by atoms with Crippen LogP contribution in [0.2, 0.25) is 0 Å². The number of carbonyl (C=O) groups excluding carboxylic acids is 1. The van der Waals surface area contributed by atoms with Gasteiger partial charge < -0.3 is 19.7 Å². The lowest BCUT2D eigenvalue weighted by molar-refractivity contribution is 0.0727. The van der Waals surface area contributed by atoms with Gasteiger partial charge in [0, 0.05) is 24.2 Å². The number of hydrogen-bond donors (Lipinski definition) is 1. The largest absolute Gasteiger partial charge is 0.377 e. The molecule has 2 aliphatic heterocycles. The average molecular weight is 369 g/mol. The van der Waals surface area contributed by atoms with Crippen molar-refractivity contribution in [2.45, 2.75) is 38.1 Å². The van der Waals surface area contributed by atoms with Gasteiger partial charge in [0.1, 0.15) is 6.10 Å². The number of benzene rings is 1. The van der Waals surface area contributed by atoms with E-state index in [2.05, 4.69) is 46.4 Å². The number of halogens is 1. The van der Waals surface area contributed by atoms with Crippen molar-refractivity contribution < 1.29 is 14.3 Å². The summed E-state index contributed by atoms with van der Waals surface area (Å²) in [6.07, 6.45) is 0.815. The molecule has 120 valence electrons. The first kappa shape index (κ1) is 15.8. The maximum Gasteiger partial charge on any atom is 0.318 e. The number of ether oxygens (including phenoxy) is 2. The summed E-state index contributed by atoms with van der Waals surface area (Å²) in [6.45, 7) is 3.76. The van der Waals surface area contributed by atoms with Crippen molar-refractivity contribution in [3.05, 3.63) is 33.8 Å². The van der Waals surface area contributed by atoms with Crippen LogP contribution in [0.1, 0.15) is 18.1 Å². The smallest absolute Gasteiger partial charge is 0.318 e. The van der Waals surface area contributed by atoms with Crippen molar-refractivity contribution >= 4 is 22.0 Å². The SMILES string of the molecule is CO[C@@H]1COC[C@@H]1NC(=O)N1Cc2cc(Br)ccc2CC1C. The fourth-order valence-corrected chi connectivity index (χ4v) is 3.53. The van der Waals surface area contributed by atoms with E-state index in [0.717, 1.165) is 10.9 Å². The van der Waals surface area contributed by atoms with Gasteiger partial charge in [-0.2, -0.15) is 0 Å². The Hall–Kier alpha value is -1.11. The number of urea groups is 1. The van der Waals surface area contributed by atoms with Crippen molar-refractivity contribution in [1.29, 1.82) is 0 Å². The van der Waals surface area contributed by atoms with Crippen LogP contribution >= 0.6 is 15.9 Å². The minimum absolute atomic E-state index is 0.0457. The molecule has 2 heterocycles. The molecule has 1 aromatic rings. The van der Waals surface area contributed by atoms with Gasteiger partial charge in [-0.05, 0) is 36.6 Å². The molecule has 0 radical (unpaired) electrons. The number of carbonyl (C=O) groups is 1. The van der Waals surface area contributed by atoms with Crippen molar-refractivity contribution in [1.82, 2.24) is 10.2 Å². The third-order valence-corrected chi connectivity index (χ3v) is 4.95. The number of nitrogens with one attached hydrogen (secondary N) is 1. The van der Waals surface area contributed by atoms with Gasteiger partial charge in [-0.25, -0.2) is 4.79 Å². The highest BCUT2D eigenvalue weighted by molar-refractivity contribution is 9.10. The molecule has 0 saturated carbocycles. The van der Waals surface area contributed by atoms with Crippen LogP contribution in [-0.4, -0.2) is 49.4 Å². The molecule has 0 bridgehead atoms. The van der Waals surface area contributed by atoms with E-state index >= 15 is 0 Å². The Kier molecular flexibility index (Phi) is 4.70. The van der Waals surface area contributed by atoms with Crippen molar-refractivity contribution in [3.63, 3.8) is 0 Å². The average Bonchev–Trinajstić information content (AvgIpc) is 2.94. The summed E-state index contributed by atoms with van der Waals surface area (Å²) in [7, 11) is 1.65. The summed E-state index contributed by atoms with van der Waals surface area (Å²) in [6, 6.07) is 6.34. The fraction of sp³-hybridized carbons (Fsp3) is 0.562. The molecule has 2 amide bonds. The van der Waals surface area contributed by atoms with Gasteiger partial charge >= 0.3 is 6.03 Å². The lowest BCUT2D eigenvalue weighted by Crippen LogP contribution is -2.53. The molecule has 1 aromatic carbocycles. The summed E-state index contributed by atoms with van der Waals surface area (Å²) in [5, 5.41) is 3.05. The normalized spacial score (nSPS) is 27.6. The molecule has 3 rings (SSSR count). The van der Waals surface area contributed by atoms with Gasteiger partial charge in [0.25, 0.3) is 0 Å². The van der Waals surface area contributed by atoms with Crippen LogP contribution in [0.5, 0.6) is 0 Å².